The Bertz CT molecular complexity index is 667. The van der Waals surface area contributed by atoms with Crippen LogP contribution in [0.3, 0.4) is 0 Å². The molecule has 2 aromatic carbocycles. The Hall–Kier alpha value is -1.95. The lowest BCUT2D eigenvalue weighted by Crippen LogP contribution is -2.36. The van der Waals surface area contributed by atoms with Crippen molar-refractivity contribution >= 4 is 29.1 Å². The molecule has 2 N–H and O–H groups in total. The fraction of sp³-hybridized carbons (Fsp3) is 0.188. The predicted octanol–water partition coefficient (Wildman–Crippen LogP) is 3.45. The van der Waals surface area contributed by atoms with Crippen LogP contribution in [0.2, 0.25) is 10.0 Å². The minimum absolute atomic E-state index is 0.278. The van der Waals surface area contributed by atoms with Gasteiger partial charge in [-0.25, -0.2) is 5.43 Å². The number of hydrazine groups is 1. The lowest BCUT2D eigenvalue weighted by atomic mass is 10.2. The Labute approximate surface area is 144 Å². The second kappa shape index (κ2) is 8.06. The summed E-state index contributed by atoms with van der Waals surface area (Å²) >= 11 is 12.0. The molecule has 5 nitrogen and oxygen atoms in total. The van der Waals surface area contributed by atoms with Gasteiger partial charge in [-0.3, -0.25) is 10.2 Å². The second-order valence-electron chi connectivity index (χ2n) is 4.63. The number of carbonyl (C=O) groups is 1. The smallest absolute Gasteiger partial charge is 0.265 e. The maximum absolute atomic E-state index is 12.1. The van der Waals surface area contributed by atoms with Gasteiger partial charge in [-0.05, 0) is 29.8 Å². The number of carbonyl (C=O) groups excluding carboxylic acids is 1. The van der Waals surface area contributed by atoms with E-state index in [0.717, 1.165) is 11.3 Å². The van der Waals surface area contributed by atoms with Crippen LogP contribution in [0.5, 0.6) is 11.5 Å². The van der Waals surface area contributed by atoms with E-state index in [1.165, 1.54) is 19.2 Å². The molecule has 7 heteroatoms. The van der Waals surface area contributed by atoms with Crippen LogP contribution < -0.4 is 20.3 Å². The Morgan fingerprint density at radius 3 is 2.17 bits per heavy atom. The average molecular weight is 355 g/mol. The minimum atomic E-state index is -0.343. The van der Waals surface area contributed by atoms with Crippen LogP contribution in [0.25, 0.3) is 0 Å². The first-order chi connectivity index (χ1) is 11.0. The summed E-state index contributed by atoms with van der Waals surface area (Å²) in [7, 11) is 3.07. The maximum Gasteiger partial charge on any atom is 0.265 e. The molecule has 0 heterocycles. The number of ether oxygens (including phenoxy) is 2. The fourth-order valence-corrected chi connectivity index (χ4v) is 2.57. The molecule has 122 valence electrons. The number of hydrogen-bond acceptors (Lipinski definition) is 4. The van der Waals surface area contributed by atoms with Gasteiger partial charge >= 0.3 is 0 Å². The highest BCUT2D eigenvalue weighted by atomic mass is 35.5. The molecule has 2 rings (SSSR count). The highest BCUT2D eigenvalue weighted by molar-refractivity contribution is 6.37. The third kappa shape index (κ3) is 4.51. The standard InChI is InChI=1S/C16H16Cl2N2O3/c1-22-12-5-3-10(4-6-12)9-19-20-16(21)11-7-13(17)15(23-2)14(18)8-11/h3-8,19H,9H2,1-2H3,(H,20,21). The lowest BCUT2D eigenvalue weighted by molar-refractivity contribution is 0.0932. The number of nitrogens with one attached hydrogen (secondary N) is 2. The fourth-order valence-electron chi connectivity index (χ4n) is 1.93. The van der Waals surface area contributed by atoms with Crippen LogP contribution in [0.1, 0.15) is 15.9 Å². The third-order valence-electron chi connectivity index (χ3n) is 3.12. The number of rotatable bonds is 6. The molecular weight excluding hydrogens is 339 g/mol. The van der Waals surface area contributed by atoms with Gasteiger partial charge in [0.1, 0.15) is 5.75 Å². The van der Waals surface area contributed by atoms with Crippen molar-refractivity contribution in [2.75, 3.05) is 14.2 Å². The molecule has 1 amide bonds. The van der Waals surface area contributed by atoms with E-state index in [9.17, 15) is 4.79 Å². The van der Waals surface area contributed by atoms with Gasteiger partial charge in [0.15, 0.2) is 5.75 Å². The molecule has 0 unspecified atom stereocenters. The molecule has 0 aromatic heterocycles. The van der Waals surface area contributed by atoms with E-state index in [4.69, 9.17) is 32.7 Å². The summed E-state index contributed by atoms with van der Waals surface area (Å²) in [6.07, 6.45) is 0. The topological polar surface area (TPSA) is 59.6 Å². The van der Waals surface area contributed by atoms with Crippen LogP contribution in [-0.2, 0) is 6.54 Å². The van der Waals surface area contributed by atoms with Gasteiger partial charge in [-0.1, -0.05) is 35.3 Å². The first-order valence-electron chi connectivity index (χ1n) is 6.74. The van der Waals surface area contributed by atoms with Crippen molar-refractivity contribution in [3.63, 3.8) is 0 Å². The van der Waals surface area contributed by atoms with Crippen molar-refractivity contribution in [2.24, 2.45) is 0 Å². The summed E-state index contributed by atoms with van der Waals surface area (Å²) in [6.45, 7) is 0.466. The van der Waals surface area contributed by atoms with Crippen LogP contribution >= 0.6 is 23.2 Å². The van der Waals surface area contributed by atoms with Gasteiger partial charge in [0.05, 0.1) is 24.3 Å². The molecule has 0 aliphatic heterocycles. The van der Waals surface area contributed by atoms with E-state index in [0.29, 0.717) is 17.9 Å². The highest BCUT2D eigenvalue weighted by Gasteiger charge is 2.13. The summed E-state index contributed by atoms with van der Waals surface area (Å²) < 4.78 is 10.1. The molecule has 0 bridgehead atoms. The highest BCUT2D eigenvalue weighted by Crippen LogP contribution is 2.33. The zero-order valence-corrected chi connectivity index (χ0v) is 14.2. The normalized spacial score (nSPS) is 10.3. The Kier molecular flexibility index (Phi) is 6.10. The molecular formula is C16H16Cl2N2O3. The molecule has 0 fully saturated rings. The molecule has 23 heavy (non-hydrogen) atoms. The molecule has 0 radical (unpaired) electrons. The van der Waals surface area contributed by atoms with Crippen LogP contribution in [-0.4, -0.2) is 20.1 Å². The molecule has 0 aliphatic rings. The average Bonchev–Trinajstić information content (AvgIpc) is 2.55. The van der Waals surface area contributed by atoms with Crippen molar-refractivity contribution in [2.45, 2.75) is 6.54 Å². The van der Waals surface area contributed by atoms with Crippen LogP contribution in [0.15, 0.2) is 36.4 Å². The summed E-state index contributed by atoms with van der Waals surface area (Å²) in [5.74, 6) is 0.779. The summed E-state index contributed by atoms with van der Waals surface area (Å²) in [5.41, 5.74) is 6.77. The zero-order chi connectivity index (χ0) is 16.8. The Balaban J connectivity index is 1.94. The monoisotopic (exact) mass is 354 g/mol. The van der Waals surface area contributed by atoms with E-state index in [-0.39, 0.29) is 16.0 Å². The molecule has 0 aliphatic carbocycles. The van der Waals surface area contributed by atoms with E-state index < -0.39 is 0 Å². The first kappa shape index (κ1) is 17.4. The maximum atomic E-state index is 12.1. The van der Waals surface area contributed by atoms with Gasteiger partial charge in [0.2, 0.25) is 0 Å². The SMILES string of the molecule is COc1ccc(CNNC(=O)c2cc(Cl)c(OC)c(Cl)c2)cc1. The van der Waals surface area contributed by atoms with Gasteiger partial charge in [-0.2, -0.15) is 0 Å². The molecule has 0 spiro atoms. The number of halogens is 2. The molecule has 2 aromatic rings. The Morgan fingerprint density at radius 1 is 1.04 bits per heavy atom. The van der Waals surface area contributed by atoms with E-state index in [1.54, 1.807) is 7.11 Å². The molecule has 0 atom stereocenters. The van der Waals surface area contributed by atoms with Crippen molar-refractivity contribution in [3.05, 3.63) is 57.6 Å². The second-order valence-corrected chi connectivity index (χ2v) is 5.44. The van der Waals surface area contributed by atoms with Crippen molar-refractivity contribution in [1.29, 1.82) is 0 Å². The first-order valence-corrected chi connectivity index (χ1v) is 7.50. The number of benzene rings is 2. The van der Waals surface area contributed by atoms with Gasteiger partial charge < -0.3 is 9.47 Å². The summed E-state index contributed by atoms with van der Waals surface area (Å²) in [4.78, 5) is 12.1. The minimum Gasteiger partial charge on any atom is -0.497 e. The van der Waals surface area contributed by atoms with E-state index in [1.807, 2.05) is 24.3 Å². The van der Waals surface area contributed by atoms with Crippen LogP contribution in [0, 0.1) is 0 Å². The zero-order valence-electron chi connectivity index (χ0n) is 12.7. The Morgan fingerprint density at radius 2 is 1.65 bits per heavy atom. The van der Waals surface area contributed by atoms with Crippen LogP contribution in [0.4, 0.5) is 0 Å². The van der Waals surface area contributed by atoms with Gasteiger partial charge in [0.25, 0.3) is 5.91 Å². The predicted molar refractivity (Wildman–Crippen MR) is 90.3 cm³/mol. The quantitative estimate of drug-likeness (QED) is 0.780. The van der Waals surface area contributed by atoms with Crippen molar-refractivity contribution in [3.8, 4) is 11.5 Å². The molecule has 0 saturated heterocycles. The van der Waals surface area contributed by atoms with Crippen molar-refractivity contribution in [1.82, 2.24) is 10.9 Å². The lowest BCUT2D eigenvalue weighted by Gasteiger charge is -2.10. The van der Waals surface area contributed by atoms with E-state index in [2.05, 4.69) is 10.9 Å². The summed E-state index contributed by atoms with van der Waals surface area (Å²) in [5, 5.41) is 0.556. The van der Waals surface area contributed by atoms with Gasteiger partial charge in [0, 0.05) is 12.1 Å². The summed E-state index contributed by atoms with van der Waals surface area (Å²) in [6, 6.07) is 10.5. The van der Waals surface area contributed by atoms with Crippen molar-refractivity contribution < 1.29 is 14.3 Å². The van der Waals surface area contributed by atoms with E-state index >= 15 is 0 Å². The molecule has 0 saturated carbocycles. The number of hydrogen-bond donors (Lipinski definition) is 2. The number of methoxy groups -OCH3 is 2. The third-order valence-corrected chi connectivity index (χ3v) is 3.68. The largest absolute Gasteiger partial charge is 0.497 e. The number of amides is 1. The van der Waals surface area contributed by atoms with Gasteiger partial charge in [-0.15, -0.1) is 0 Å².